The SMILES string of the molecule is CC(O)CC(CNC(=O)N1CCSCC1)c1ccccc1. The number of nitrogens with zero attached hydrogens (tertiary/aromatic N) is 1. The van der Waals surface area contributed by atoms with Crippen LogP contribution < -0.4 is 5.32 Å². The van der Waals surface area contributed by atoms with Gasteiger partial charge >= 0.3 is 6.03 Å². The molecular formula is C16H24N2O2S. The monoisotopic (exact) mass is 308 g/mol. The number of hydrogen-bond donors (Lipinski definition) is 2. The van der Waals surface area contributed by atoms with E-state index in [1.807, 2.05) is 34.9 Å². The molecule has 5 heteroatoms. The van der Waals surface area contributed by atoms with E-state index in [0.29, 0.717) is 13.0 Å². The molecule has 1 saturated heterocycles. The number of benzene rings is 1. The van der Waals surface area contributed by atoms with Crippen LogP contribution in [0, 0.1) is 0 Å². The van der Waals surface area contributed by atoms with Gasteiger partial charge in [0.1, 0.15) is 0 Å². The van der Waals surface area contributed by atoms with Crippen LogP contribution in [0.3, 0.4) is 0 Å². The molecule has 1 aromatic rings. The van der Waals surface area contributed by atoms with E-state index >= 15 is 0 Å². The van der Waals surface area contributed by atoms with E-state index in [9.17, 15) is 9.90 Å². The zero-order valence-corrected chi connectivity index (χ0v) is 13.3. The lowest BCUT2D eigenvalue weighted by Gasteiger charge is -2.28. The molecule has 1 heterocycles. The Balaban J connectivity index is 1.91. The number of rotatable bonds is 5. The van der Waals surface area contributed by atoms with E-state index < -0.39 is 0 Å². The van der Waals surface area contributed by atoms with Gasteiger partial charge in [-0.3, -0.25) is 0 Å². The molecule has 2 unspecified atom stereocenters. The van der Waals surface area contributed by atoms with Crippen LogP contribution in [0.25, 0.3) is 0 Å². The molecule has 2 amide bonds. The molecule has 0 aliphatic carbocycles. The number of nitrogens with one attached hydrogen (secondary N) is 1. The fourth-order valence-corrected chi connectivity index (χ4v) is 3.47. The van der Waals surface area contributed by atoms with Gasteiger partial charge in [0.2, 0.25) is 0 Å². The van der Waals surface area contributed by atoms with Crippen molar-refractivity contribution >= 4 is 17.8 Å². The van der Waals surface area contributed by atoms with Gasteiger partial charge in [0.25, 0.3) is 0 Å². The maximum absolute atomic E-state index is 12.2. The van der Waals surface area contributed by atoms with Crippen LogP contribution in [-0.2, 0) is 0 Å². The molecule has 0 radical (unpaired) electrons. The second-order valence-electron chi connectivity index (χ2n) is 5.48. The Morgan fingerprint density at radius 1 is 1.33 bits per heavy atom. The molecule has 4 nitrogen and oxygen atoms in total. The van der Waals surface area contributed by atoms with Gasteiger partial charge in [0, 0.05) is 37.1 Å². The number of carbonyl (C=O) groups is 1. The largest absolute Gasteiger partial charge is 0.393 e. The zero-order valence-electron chi connectivity index (χ0n) is 12.5. The summed E-state index contributed by atoms with van der Waals surface area (Å²) >= 11 is 1.89. The molecular weight excluding hydrogens is 284 g/mol. The second-order valence-corrected chi connectivity index (χ2v) is 6.70. The third kappa shape index (κ3) is 5.25. The fourth-order valence-electron chi connectivity index (χ4n) is 2.56. The molecule has 0 spiro atoms. The number of aliphatic hydroxyl groups is 1. The summed E-state index contributed by atoms with van der Waals surface area (Å²) in [5.74, 6) is 2.18. The normalized spacial score (nSPS) is 18.1. The zero-order chi connectivity index (χ0) is 15.1. The maximum atomic E-state index is 12.2. The Bertz CT molecular complexity index is 433. The van der Waals surface area contributed by atoms with Crippen LogP contribution in [0.2, 0.25) is 0 Å². The topological polar surface area (TPSA) is 52.6 Å². The van der Waals surface area contributed by atoms with Crippen molar-refractivity contribution in [3.8, 4) is 0 Å². The predicted octanol–water partition coefficient (Wildman–Crippen LogP) is 2.30. The van der Waals surface area contributed by atoms with E-state index in [2.05, 4.69) is 17.4 Å². The van der Waals surface area contributed by atoms with Crippen molar-refractivity contribution in [3.63, 3.8) is 0 Å². The number of amides is 2. The first-order valence-corrected chi connectivity index (χ1v) is 8.66. The highest BCUT2D eigenvalue weighted by molar-refractivity contribution is 7.99. The summed E-state index contributed by atoms with van der Waals surface area (Å²) < 4.78 is 0. The van der Waals surface area contributed by atoms with Crippen molar-refractivity contribution in [2.75, 3.05) is 31.1 Å². The molecule has 2 N–H and O–H groups in total. The van der Waals surface area contributed by atoms with Crippen LogP contribution in [0.1, 0.15) is 24.8 Å². The summed E-state index contributed by atoms with van der Waals surface area (Å²) in [5.41, 5.74) is 1.16. The molecule has 0 aromatic heterocycles. The highest BCUT2D eigenvalue weighted by atomic mass is 32.2. The quantitative estimate of drug-likeness (QED) is 0.877. The molecule has 21 heavy (non-hydrogen) atoms. The van der Waals surface area contributed by atoms with Gasteiger partial charge in [-0.25, -0.2) is 4.79 Å². The molecule has 116 valence electrons. The number of hydrogen-bond acceptors (Lipinski definition) is 3. The van der Waals surface area contributed by atoms with Crippen LogP contribution >= 0.6 is 11.8 Å². The van der Waals surface area contributed by atoms with Gasteiger partial charge in [-0.2, -0.15) is 11.8 Å². The average Bonchev–Trinajstić information content (AvgIpc) is 2.52. The lowest BCUT2D eigenvalue weighted by atomic mass is 9.93. The smallest absolute Gasteiger partial charge is 0.317 e. The maximum Gasteiger partial charge on any atom is 0.317 e. The summed E-state index contributed by atoms with van der Waals surface area (Å²) in [6, 6.07) is 10.1. The van der Waals surface area contributed by atoms with Gasteiger partial charge in [0.15, 0.2) is 0 Å². The highest BCUT2D eigenvalue weighted by Gasteiger charge is 2.19. The van der Waals surface area contributed by atoms with Crippen molar-refractivity contribution in [2.45, 2.75) is 25.4 Å². The molecule has 0 saturated carbocycles. The van der Waals surface area contributed by atoms with Gasteiger partial charge in [0.05, 0.1) is 6.10 Å². The van der Waals surface area contributed by atoms with Gasteiger partial charge in [-0.15, -0.1) is 0 Å². The first kappa shape index (κ1) is 16.2. The van der Waals surface area contributed by atoms with Gasteiger partial charge in [-0.05, 0) is 18.9 Å². The Hall–Kier alpha value is -1.20. The molecule has 1 aliphatic rings. The molecule has 1 aromatic carbocycles. The minimum atomic E-state index is -0.376. The van der Waals surface area contributed by atoms with E-state index in [4.69, 9.17) is 0 Å². The lowest BCUT2D eigenvalue weighted by molar-refractivity contribution is 0.171. The fraction of sp³-hybridized carbons (Fsp3) is 0.562. The first-order chi connectivity index (χ1) is 10.2. The summed E-state index contributed by atoms with van der Waals surface area (Å²) in [7, 11) is 0. The van der Waals surface area contributed by atoms with Crippen LogP contribution in [0.15, 0.2) is 30.3 Å². The van der Waals surface area contributed by atoms with Crippen LogP contribution in [0.5, 0.6) is 0 Å². The first-order valence-electron chi connectivity index (χ1n) is 7.50. The van der Waals surface area contributed by atoms with E-state index in [1.165, 1.54) is 0 Å². The Morgan fingerprint density at radius 2 is 2.00 bits per heavy atom. The predicted molar refractivity (Wildman–Crippen MR) is 87.8 cm³/mol. The second kappa shape index (κ2) is 8.29. The van der Waals surface area contributed by atoms with Crippen molar-refractivity contribution < 1.29 is 9.90 Å². The van der Waals surface area contributed by atoms with Crippen molar-refractivity contribution in [1.82, 2.24) is 10.2 Å². The highest BCUT2D eigenvalue weighted by Crippen LogP contribution is 2.20. The third-order valence-electron chi connectivity index (χ3n) is 3.69. The molecule has 0 bridgehead atoms. The van der Waals surface area contributed by atoms with Crippen LogP contribution in [-0.4, -0.2) is 53.3 Å². The van der Waals surface area contributed by atoms with Crippen molar-refractivity contribution in [1.29, 1.82) is 0 Å². The number of thioether (sulfide) groups is 1. The minimum absolute atomic E-state index is 0.0156. The number of carbonyl (C=O) groups excluding carboxylic acids is 1. The van der Waals surface area contributed by atoms with E-state index in [0.717, 1.165) is 30.2 Å². The third-order valence-corrected chi connectivity index (χ3v) is 4.64. The lowest BCUT2D eigenvalue weighted by Crippen LogP contribution is -2.45. The van der Waals surface area contributed by atoms with E-state index in [-0.39, 0.29) is 18.1 Å². The number of urea groups is 1. The summed E-state index contributed by atoms with van der Waals surface area (Å²) in [5, 5.41) is 12.7. The minimum Gasteiger partial charge on any atom is -0.393 e. The molecule has 1 aliphatic heterocycles. The molecule has 2 rings (SSSR count). The Labute approximate surface area is 130 Å². The molecule has 2 atom stereocenters. The van der Waals surface area contributed by atoms with Gasteiger partial charge < -0.3 is 15.3 Å². The van der Waals surface area contributed by atoms with Crippen LogP contribution in [0.4, 0.5) is 4.79 Å². The summed E-state index contributed by atoms with van der Waals surface area (Å²) in [4.78, 5) is 14.0. The summed E-state index contributed by atoms with van der Waals surface area (Å²) in [6.07, 6.45) is 0.277. The standard InChI is InChI=1S/C16H24N2O2S/c1-13(19)11-15(14-5-3-2-4-6-14)12-17-16(20)18-7-9-21-10-8-18/h2-6,13,15,19H,7-12H2,1H3,(H,17,20). The number of aliphatic hydroxyl groups excluding tert-OH is 1. The van der Waals surface area contributed by atoms with Gasteiger partial charge in [-0.1, -0.05) is 30.3 Å². The average molecular weight is 308 g/mol. The Kier molecular flexibility index (Phi) is 6.39. The Morgan fingerprint density at radius 3 is 2.62 bits per heavy atom. The van der Waals surface area contributed by atoms with Crippen molar-refractivity contribution in [3.05, 3.63) is 35.9 Å². The molecule has 1 fully saturated rings. The van der Waals surface area contributed by atoms with E-state index in [1.54, 1.807) is 6.92 Å². The summed E-state index contributed by atoms with van der Waals surface area (Å²) in [6.45, 7) is 4.00. The van der Waals surface area contributed by atoms with Crippen molar-refractivity contribution in [2.24, 2.45) is 0 Å².